The van der Waals surface area contributed by atoms with Gasteiger partial charge in [0.1, 0.15) is 54.7 Å². The van der Waals surface area contributed by atoms with Crippen molar-refractivity contribution in [2.75, 3.05) is 20.8 Å². The summed E-state index contributed by atoms with van der Waals surface area (Å²) in [5, 5.41) is 9.08. The van der Waals surface area contributed by atoms with E-state index in [1.165, 1.54) is 0 Å². The Kier molecular flexibility index (Phi) is 6.97. The number of rotatable bonds is 10. The van der Waals surface area contributed by atoms with Crippen molar-refractivity contribution in [3.63, 3.8) is 0 Å². The van der Waals surface area contributed by atoms with Crippen molar-refractivity contribution >= 4 is 0 Å². The van der Waals surface area contributed by atoms with Gasteiger partial charge in [-0.05, 0) is 35.4 Å². The third-order valence-electron chi connectivity index (χ3n) is 6.29. The molecule has 1 aliphatic carbocycles. The van der Waals surface area contributed by atoms with Crippen LogP contribution < -0.4 is 9.47 Å². The minimum atomic E-state index is -0.802. The highest BCUT2D eigenvalue weighted by Crippen LogP contribution is 2.44. The van der Waals surface area contributed by atoms with E-state index < -0.39 is 43.1 Å². The van der Waals surface area contributed by atoms with E-state index in [0.717, 1.165) is 22.6 Å². The van der Waals surface area contributed by atoms with E-state index in [0.29, 0.717) is 13.2 Å². The first-order chi connectivity index (χ1) is 16.7. The molecule has 3 saturated heterocycles. The van der Waals surface area contributed by atoms with Gasteiger partial charge in [-0.3, -0.25) is 0 Å². The van der Waals surface area contributed by atoms with Crippen LogP contribution in [0.25, 0.3) is 0 Å². The molecular weight excluding hydrogens is 442 g/mol. The Labute approximate surface area is 198 Å². The van der Waals surface area contributed by atoms with Crippen LogP contribution in [0.15, 0.2) is 48.5 Å². The van der Waals surface area contributed by atoms with Crippen LogP contribution in [0.1, 0.15) is 11.1 Å². The summed E-state index contributed by atoms with van der Waals surface area (Å²) in [6.45, 7) is -0.193. The number of hydrogen-bond donors (Lipinski definition) is 0. The lowest BCUT2D eigenvalue weighted by Crippen LogP contribution is -2.76. The maximum atomic E-state index is 9.08. The summed E-state index contributed by atoms with van der Waals surface area (Å²) in [4.78, 5) is 0. The van der Waals surface area contributed by atoms with E-state index in [-0.39, 0.29) is 6.61 Å². The third-order valence-corrected chi connectivity index (χ3v) is 6.29. The fourth-order valence-corrected chi connectivity index (χ4v) is 4.60. The molecule has 6 rings (SSSR count). The first-order valence-corrected chi connectivity index (χ1v) is 11.1. The number of hydrogen-bond acceptors (Lipinski definition) is 9. The summed E-state index contributed by atoms with van der Waals surface area (Å²) < 4.78 is 46.7. The quantitative estimate of drug-likeness (QED) is 0.520. The van der Waals surface area contributed by atoms with Gasteiger partial charge in [-0.15, -0.1) is 0 Å². The molecule has 9 nitrogen and oxygen atoms in total. The van der Waals surface area contributed by atoms with Crippen molar-refractivity contribution in [2.24, 2.45) is 0 Å². The van der Waals surface area contributed by atoms with Crippen LogP contribution in [0.3, 0.4) is 0 Å². The van der Waals surface area contributed by atoms with Crippen molar-refractivity contribution in [3.05, 3.63) is 59.7 Å². The fourth-order valence-electron chi connectivity index (χ4n) is 4.60. The zero-order valence-electron chi connectivity index (χ0n) is 19.0. The molecule has 4 aliphatic rings. The molecule has 34 heavy (non-hydrogen) atoms. The first-order valence-electron chi connectivity index (χ1n) is 11.1. The van der Waals surface area contributed by atoms with Crippen molar-refractivity contribution in [2.45, 2.75) is 56.3 Å². The number of nitrogens with zero attached hydrogens (tertiary/aromatic N) is 1. The van der Waals surface area contributed by atoms with Gasteiger partial charge in [0.2, 0.25) is 0 Å². The SMILES string of the molecule is COc1ccc(CO[C@@H]2C3OC4OC(C3OCC#N)[C@H](OCc3ccc(OC)cc3)C2O4)cc1. The molecule has 0 N–H and O–H groups in total. The van der Waals surface area contributed by atoms with Crippen molar-refractivity contribution in [3.8, 4) is 17.6 Å². The van der Waals surface area contributed by atoms with Crippen molar-refractivity contribution < 1.29 is 37.9 Å². The maximum Gasteiger partial charge on any atom is 0.272 e. The van der Waals surface area contributed by atoms with Gasteiger partial charge in [0.25, 0.3) is 6.48 Å². The molecule has 5 unspecified atom stereocenters. The molecule has 0 amide bonds. The molecule has 0 spiro atoms. The molecule has 0 radical (unpaired) electrons. The molecule has 3 heterocycles. The molecule has 2 aromatic carbocycles. The second-order valence-electron chi connectivity index (χ2n) is 8.27. The van der Waals surface area contributed by atoms with Gasteiger partial charge in [0.15, 0.2) is 0 Å². The third kappa shape index (κ3) is 4.61. The average molecular weight is 469 g/mol. The Hall–Kier alpha value is -2.71. The van der Waals surface area contributed by atoms with Gasteiger partial charge in [0, 0.05) is 0 Å². The Bertz CT molecular complexity index is 922. The van der Waals surface area contributed by atoms with E-state index in [1.54, 1.807) is 14.2 Å². The van der Waals surface area contributed by atoms with Crippen LogP contribution >= 0.6 is 0 Å². The molecule has 3 aliphatic heterocycles. The van der Waals surface area contributed by atoms with E-state index in [9.17, 15) is 0 Å². The number of ether oxygens (including phenoxy) is 8. The second kappa shape index (κ2) is 10.3. The van der Waals surface area contributed by atoms with E-state index in [4.69, 9.17) is 43.2 Å². The molecule has 9 heteroatoms. The van der Waals surface area contributed by atoms with Gasteiger partial charge < -0.3 is 37.9 Å². The zero-order valence-corrected chi connectivity index (χ0v) is 19.0. The standard InChI is InChI=1S/C25H27NO8/c1-27-17-7-3-15(4-8-17)13-30-20-22-19(29-12-11-26)23-21(24(20)34-25(32-22)33-23)31-14-16-5-9-18(28-2)10-6-16/h3-10,19-25H,12-14H2,1-2H3/t19?,20-,21+,22?,23?,24?,25?. The molecule has 7 atom stereocenters. The smallest absolute Gasteiger partial charge is 0.272 e. The summed E-state index contributed by atoms with van der Waals surface area (Å²) in [6, 6.07) is 17.3. The monoisotopic (exact) mass is 469 g/mol. The molecule has 4 bridgehead atoms. The van der Waals surface area contributed by atoms with Gasteiger partial charge >= 0.3 is 0 Å². The topological polar surface area (TPSA) is 97.6 Å². The number of benzene rings is 2. The van der Waals surface area contributed by atoms with Crippen LogP contribution in [0.5, 0.6) is 11.5 Å². The van der Waals surface area contributed by atoms with Gasteiger partial charge in [0.05, 0.1) is 33.5 Å². The first kappa shape index (κ1) is 23.1. The highest BCUT2D eigenvalue weighted by molar-refractivity contribution is 5.27. The Morgan fingerprint density at radius 3 is 1.47 bits per heavy atom. The van der Waals surface area contributed by atoms with Crippen LogP contribution in [-0.2, 0) is 41.6 Å². The van der Waals surface area contributed by atoms with E-state index in [2.05, 4.69) is 0 Å². The minimum Gasteiger partial charge on any atom is -0.497 e. The molecule has 4 fully saturated rings. The van der Waals surface area contributed by atoms with Crippen molar-refractivity contribution in [1.29, 1.82) is 5.26 Å². The largest absolute Gasteiger partial charge is 0.497 e. The number of nitriles is 1. The van der Waals surface area contributed by atoms with Crippen molar-refractivity contribution in [1.82, 2.24) is 0 Å². The lowest BCUT2D eigenvalue weighted by Gasteiger charge is -2.58. The molecule has 180 valence electrons. The molecular formula is C25H27NO8. The van der Waals surface area contributed by atoms with E-state index >= 15 is 0 Å². The van der Waals surface area contributed by atoms with Crippen LogP contribution in [-0.4, -0.2) is 63.9 Å². The zero-order chi connectivity index (χ0) is 23.5. The summed E-state index contributed by atoms with van der Waals surface area (Å²) in [6.07, 6.45) is -2.70. The van der Waals surface area contributed by atoms with Gasteiger partial charge in [-0.2, -0.15) is 5.26 Å². The summed E-state index contributed by atoms with van der Waals surface area (Å²) >= 11 is 0. The fraction of sp³-hybridized carbons (Fsp3) is 0.480. The van der Waals surface area contributed by atoms with Gasteiger partial charge in [-0.25, -0.2) is 0 Å². The Morgan fingerprint density at radius 1 is 0.676 bits per heavy atom. The average Bonchev–Trinajstić information content (AvgIpc) is 2.88. The highest BCUT2D eigenvalue weighted by atomic mass is 16.9. The van der Waals surface area contributed by atoms with Crippen LogP contribution in [0, 0.1) is 11.3 Å². The molecule has 0 aromatic heterocycles. The lowest BCUT2D eigenvalue weighted by atomic mass is 9.82. The molecule has 2 aromatic rings. The molecule has 1 saturated carbocycles. The van der Waals surface area contributed by atoms with E-state index in [1.807, 2.05) is 54.6 Å². The number of methoxy groups -OCH3 is 2. The van der Waals surface area contributed by atoms with Gasteiger partial charge in [-0.1, -0.05) is 24.3 Å². The predicted molar refractivity (Wildman–Crippen MR) is 117 cm³/mol. The maximum absolute atomic E-state index is 9.08. The Morgan fingerprint density at radius 2 is 1.09 bits per heavy atom. The second-order valence-corrected chi connectivity index (χ2v) is 8.27. The summed E-state index contributed by atoms with van der Waals surface area (Å²) in [7, 11) is 3.26. The Balaban J connectivity index is 1.32. The highest BCUT2D eigenvalue weighted by Gasteiger charge is 2.63. The normalized spacial score (nSPS) is 31.3. The lowest BCUT2D eigenvalue weighted by molar-refractivity contribution is -0.489. The summed E-state index contributed by atoms with van der Waals surface area (Å²) in [5.74, 6) is 1.55. The summed E-state index contributed by atoms with van der Waals surface area (Å²) in [5.41, 5.74) is 1.96. The minimum absolute atomic E-state index is 0.0863. The van der Waals surface area contributed by atoms with Crippen LogP contribution in [0.2, 0.25) is 0 Å². The van der Waals surface area contributed by atoms with Crippen LogP contribution in [0.4, 0.5) is 0 Å². The predicted octanol–water partition coefficient (Wildman–Crippen LogP) is 2.56.